The third kappa shape index (κ3) is 2.15. The number of aromatic nitrogens is 1. The highest BCUT2D eigenvalue weighted by Gasteiger charge is 2.28. The normalized spacial score (nSPS) is 22.7. The van der Waals surface area contributed by atoms with Crippen molar-refractivity contribution in [2.45, 2.75) is 45.2 Å². The molecule has 0 saturated carbocycles. The summed E-state index contributed by atoms with van der Waals surface area (Å²) in [5.74, 6) is 0.840. The highest BCUT2D eigenvalue weighted by atomic mass is 16.5. The first-order chi connectivity index (χ1) is 7.18. The van der Waals surface area contributed by atoms with Crippen LogP contribution in [0.25, 0.3) is 0 Å². The van der Waals surface area contributed by atoms with Gasteiger partial charge in [-0.25, -0.2) is 0 Å². The fourth-order valence-corrected chi connectivity index (χ4v) is 2.40. The van der Waals surface area contributed by atoms with Crippen LogP contribution < -0.4 is 5.73 Å². The molecule has 4 heteroatoms. The maximum absolute atomic E-state index is 5.77. The standard InChI is InChI=1S/C11H19N3O/c1-8(2)14-5-3-4-9(14)6-11-10(12)7-13-15-11/h7-9H,3-6,12H2,1-2H3. The van der Waals surface area contributed by atoms with Gasteiger partial charge in [-0.1, -0.05) is 5.16 Å². The van der Waals surface area contributed by atoms with Crippen LogP contribution in [0.1, 0.15) is 32.4 Å². The molecule has 2 N–H and O–H groups in total. The van der Waals surface area contributed by atoms with Gasteiger partial charge in [-0.3, -0.25) is 4.90 Å². The molecule has 1 fully saturated rings. The number of anilines is 1. The second kappa shape index (κ2) is 4.23. The smallest absolute Gasteiger partial charge is 0.161 e. The van der Waals surface area contributed by atoms with E-state index in [2.05, 4.69) is 23.9 Å². The Balaban J connectivity index is 2.02. The van der Waals surface area contributed by atoms with Crippen molar-refractivity contribution in [3.05, 3.63) is 12.0 Å². The average Bonchev–Trinajstić information content (AvgIpc) is 2.77. The van der Waals surface area contributed by atoms with E-state index in [-0.39, 0.29) is 0 Å². The number of nitrogen functional groups attached to an aromatic ring is 1. The largest absolute Gasteiger partial charge is 0.395 e. The minimum atomic E-state index is 0.570. The zero-order chi connectivity index (χ0) is 10.8. The molecule has 1 aromatic rings. The summed E-state index contributed by atoms with van der Waals surface area (Å²) < 4.78 is 5.15. The van der Waals surface area contributed by atoms with Crippen molar-refractivity contribution >= 4 is 5.69 Å². The molecule has 4 nitrogen and oxygen atoms in total. The molecule has 0 radical (unpaired) electrons. The van der Waals surface area contributed by atoms with Gasteiger partial charge in [0.1, 0.15) is 0 Å². The number of likely N-dealkylation sites (tertiary alicyclic amines) is 1. The lowest BCUT2D eigenvalue weighted by Crippen LogP contribution is -2.36. The molecule has 84 valence electrons. The van der Waals surface area contributed by atoms with Gasteiger partial charge in [-0.15, -0.1) is 0 Å². The molecule has 0 amide bonds. The number of hydrogen-bond donors (Lipinski definition) is 1. The van der Waals surface area contributed by atoms with Gasteiger partial charge in [0.05, 0.1) is 11.9 Å². The summed E-state index contributed by atoms with van der Waals surface area (Å²) in [6, 6.07) is 1.17. The molecule has 0 spiro atoms. The number of rotatable bonds is 3. The van der Waals surface area contributed by atoms with Crippen LogP contribution in [0.2, 0.25) is 0 Å². The van der Waals surface area contributed by atoms with Crippen LogP contribution in [0.5, 0.6) is 0 Å². The van der Waals surface area contributed by atoms with Crippen molar-refractivity contribution in [2.24, 2.45) is 0 Å². The van der Waals surface area contributed by atoms with E-state index >= 15 is 0 Å². The molecule has 1 saturated heterocycles. The average molecular weight is 209 g/mol. The van der Waals surface area contributed by atoms with Crippen molar-refractivity contribution in [1.82, 2.24) is 10.1 Å². The maximum Gasteiger partial charge on any atom is 0.161 e. The summed E-state index contributed by atoms with van der Waals surface area (Å²) in [5.41, 5.74) is 6.45. The molecule has 2 heterocycles. The maximum atomic E-state index is 5.77. The predicted molar refractivity (Wildman–Crippen MR) is 59.5 cm³/mol. The molecule has 1 atom stereocenters. The van der Waals surface area contributed by atoms with Crippen molar-refractivity contribution in [3.8, 4) is 0 Å². The van der Waals surface area contributed by atoms with Gasteiger partial charge < -0.3 is 10.3 Å². The summed E-state index contributed by atoms with van der Waals surface area (Å²) in [6.45, 7) is 5.67. The van der Waals surface area contributed by atoms with Crippen molar-refractivity contribution in [1.29, 1.82) is 0 Å². The van der Waals surface area contributed by atoms with E-state index in [1.165, 1.54) is 19.4 Å². The Kier molecular flexibility index (Phi) is 2.95. The number of nitrogens with two attached hydrogens (primary N) is 1. The van der Waals surface area contributed by atoms with Crippen LogP contribution in [-0.2, 0) is 6.42 Å². The van der Waals surface area contributed by atoms with Gasteiger partial charge in [0.15, 0.2) is 5.76 Å². The predicted octanol–water partition coefficient (Wildman–Crippen LogP) is 1.67. The third-order valence-electron chi connectivity index (χ3n) is 3.18. The van der Waals surface area contributed by atoms with E-state index in [4.69, 9.17) is 10.3 Å². The van der Waals surface area contributed by atoms with Crippen molar-refractivity contribution in [2.75, 3.05) is 12.3 Å². The first kappa shape index (κ1) is 10.5. The molecule has 1 aliphatic heterocycles. The van der Waals surface area contributed by atoms with Gasteiger partial charge in [0, 0.05) is 18.5 Å². The first-order valence-electron chi connectivity index (χ1n) is 5.63. The molecular formula is C11H19N3O. The van der Waals surface area contributed by atoms with Gasteiger partial charge in [-0.2, -0.15) is 0 Å². The van der Waals surface area contributed by atoms with Gasteiger partial charge in [0.2, 0.25) is 0 Å². The number of nitrogens with zero attached hydrogens (tertiary/aromatic N) is 2. The van der Waals surface area contributed by atoms with Crippen molar-refractivity contribution in [3.63, 3.8) is 0 Å². The molecule has 2 rings (SSSR count). The lowest BCUT2D eigenvalue weighted by Gasteiger charge is -2.27. The van der Waals surface area contributed by atoms with Crippen LogP contribution in [0.4, 0.5) is 5.69 Å². The Morgan fingerprint density at radius 2 is 2.47 bits per heavy atom. The molecular weight excluding hydrogens is 190 g/mol. The Hall–Kier alpha value is -1.03. The summed E-state index contributed by atoms with van der Waals surface area (Å²) in [4.78, 5) is 2.52. The van der Waals surface area contributed by atoms with Gasteiger partial charge >= 0.3 is 0 Å². The van der Waals surface area contributed by atoms with Gasteiger partial charge in [-0.05, 0) is 33.2 Å². The third-order valence-corrected chi connectivity index (χ3v) is 3.18. The van der Waals surface area contributed by atoms with E-state index in [0.717, 1.165) is 12.2 Å². The highest BCUT2D eigenvalue weighted by Crippen LogP contribution is 2.25. The van der Waals surface area contributed by atoms with E-state index in [0.29, 0.717) is 17.8 Å². The fraction of sp³-hybridized carbons (Fsp3) is 0.727. The Morgan fingerprint density at radius 1 is 1.67 bits per heavy atom. The molecule has 0 bridgehead atoms. The van der Waals surface area contributed by atoms with E-state index in [9.17, 15) is 0 Å². The van der Waals surface area contributed by atoms with Gasteiger partial charge in [0.25, 0.3) is 0 Å². The lowest BCUT2D eigenvalue weighted by molar-refractivity contribution is 0.194. The highest BCUT2D eigenvalue weighted by molar-refractivity contribution is 5.38. The summed E-state index contributed by atoms with van der Waals surface area (Å²) in [7, 11) is 0. The molecule has 0 aliphatic carbocycles. The van der Waals surface area contributed by atoms with E-state index < -0.39 is 0 Å². The monoisotopic (exact) mass is 209 g/mol. The molecule has 1 aromatic heterocycles. The van der Waals surface area contributed by atoms with E-state index in [1.54, 1.807) is 6.20 Å². The van der Waals surface area contributed by atoms with Crippen LogP contribution in [0, 0.1) is 0 Å². The minimum Gasteiger partial charge on any atom is -0.395 e. The summed E-state index contributed by atoms with van der Waals surface area (Å²) in [6.07, 6.45) is 4.99. The summed E-state index contributed by atoms with van der Waals surface area (Å²) >= 11 is 0. The molecule has 1 unspecified atom stereocenters. The lowest BCUT2D eigenvalue weighted by atomic mass is 10.1. The number of hydrogen-bond acceptors (Lipinski definition) is 4. The second-order valence-electron chi connectivity index (χ2n) is 4.54. The summed E-state index contributed by atoms with van der Waals surface area (Å²) in [5, 5.41) is 3.72. The zero-order valence-electron chi connectivity index (χ0n) is 9.44. The van der Waals surface area contributed by atoms with Crippen LogP contribution in [0.15, 0.2) is 10.7 Å². The Labute approximate surface area is 90.4 Å². The van der Waals surface area contributed by atoms with E-state index in [1.807, 2.05) is 0 Å². The Bertz CT molecular complexity index is 321. The quantitative estimate of drug-likeness (QED) is 0.822. The zero-order valence-corrected chi connectivity index (χ0v) is 9.44. The van der Waals surface area contributed by atoms with Crippen LogP contribution in [-0.4, -0.2) is 28.7 Å². The molecule has 15 heavy (non-hydrogen) atoms. The van der Waals surface area contributed by atoms with Crippen LogP contribution in [0.3, 0.4) is 0 Å². The second-order valence-corrected chi connectivity index (χ2v) is 4.54. The fourth-order valence-electron chi connectivity index (χ4n) is 2.40. The molecule has 0 aromatic carbocycles. The van der Waals surface area contributed by atoms with Crippen molar-refractivity contribution < 1.29 is 4.52 Å². The topological polar surface area (TPSA) is 55.3 Å². The van der Waals surface area contributed by atoms with Crippen LogP contribution >= 0.6 is 0 Å². The molecule has 1 aliphatic rings. The minimum absolute atomic E-state index is 0.570. The SMILES string of the molecule is CC(C)N1CCCC1Cc1oncc1N. The Morgan fingerprint density at radius 3 is 3.07 bits per heavy atom. The first-order valence-corrected chi connectivity index (χ1v) is 5.63.